The van der Waals surface area contributed by atoms with E-state index in [9.17, 15) is 37.7 Å². The van der Waals surface area contributed by atoms with Gasteiger partial charge in [-0.1, -0.05) is 0 Å². The number of nitrogens with one attached hydrogen (secondary N) is 1. The predicted octanol–water partition coefficient (Wildman–Crippen LogP) is -2.76. The van der Waals surface area contributed by atoms with Crippen molar-refractivity contribution in [3.05, 3.63) is 101 Å². The van der Waals surface area contributed by atoms with Crippen molar-refractivity contribution in [2.45, 2.75) is 0 Å². The lowest BCUT2D eigenvalue weighted by molar-refractivity contribution is -0.384. The van der Waals surface area contributed by atoms with Crippen LogP contribution in [0.15, 0.2) is 85.7 Å². The number of benzene rings is 2. The van der Waals surface area contributed by atoms with Gasteiger partial charge in [0.15, 0.2) is 10.9 Å². The lowest BCUT2D eigenvalue weighted by Crippen LogP contribution is -2.28. The molecule has 1 amide bonds. The van der Waals surface area contributed by atoms with Gasteiger partial charge in [-0.3, -0.25) is 42.7 Å². The average Bonchev–Trinajstić information content (AvgIpc) is 3.21. The number of non-ortho nitro benzene ring substituents is 1. The van der Waals surface area contributed by atoms with Gasteiger partial charge in [0.25, 0.3) is 11.6 Å². The Labute approximate surface area is 383 Å². The van der Waals surface area contributed by atoms with Crippen LogP contribution in [0, 0.1) is 10.1 Å². The number of hydrogen-bond donors (Lipinski definition) is 16. The van der Waals surface area contributed by atoms with Crippen molar-refractivity contribution >= 4 is 105 Å². The van der Waals surface area contributed by atoms with Crippen LogP contribution in [0.3, 0.4) is 0 Å². The van der Waals surface area contributed by atoms with Crippen LogP contribution < -0.4 is 60.8 Å². The molecule has 0 spiro atoms. The number of anilines is 5. The number of pyridine rings is 2. The highest BCUT2D eigenvalue weighted by Gasteiger charge is 2.25. The normalized spacial score (nSPS) is 11.4. The molecule has 0 unspecified atom stereocenters. The fourth-order valence-electron chi connectivity index (χ4n) is 4.29. The summed E-state index contributed by atoms with van der Waals surface area (Å²) in [5.41, 5.74) is 25.2. The van der Waals surface area contributed by atoms with E-state index in [1.165, 1.54) is 42.7 Å². The van der Waals surface area contributed by atoms with Crippen LogP contribution in [-0.4, -0.2) is 113 Å². The van der Waals surface area contributed by atoms with Crippen LogP contribution >= 0.6 is 38.0 Å². The molecule has 3 aromatic heterocycles. The summed E-state index contributed by atoms with van der Waals surface area (Å²) in [6, 6.07) is 11.0. The molecule has 0 fully saturated rings. The molecule has 36 heteroatoms. The third-order valence-electron chi connectivity index (χ3n) is 7.34. The molecule has 0 aliphatic heterocycles. The zero-order chi connectivity index (χ0) is 52.3. The van der Waals surface area contributed by atoms with Crippen molar-refractivity contribution in [1.82, 2.24) is 25.3 Å². The Morgan fingerprint density at radius 2 is 1.15 bits per heavy atom. The summed E-state index contributed by atoms with van der Waals surface area (Å²) in [4.78, 5) is 123. The molecular formula is C32H46N11O20P5. The van der Waals surface area contributed by atoms with Crippen LogP contribution in [0.2, 0.25) is 0 Å². The first kappa shape index (κ1) is 60.4. The summed E-state index contributed by atoms with van der Waals surface area (Å²) < 4.78 is 63.8. The maximum absolute atomic E-state index is 11.8. The van der Waals surface area contributed by atoms with E-state index in [4.69, 9.17) is 87.1 Å². The van der Waals surface area contributed by atoms with Crippen molar-refractivity contribution in [1.29, 1.82) is 0 Å². The van der Waals surface area contributed by atoms with Gasteiger partial charge in [0.1, 0.15) is 11.6 Å². The number of amides is 1. The Bertz CT molecular complexity index is 2580. The standard InChI is InChI=1S/C12H19N2O6P.C6H7N2O5P.2C5H7N2O3P.C4H6N3O3P/c1-19-6-7-20-5-4-14-12(15)9-2-3-10(13)11(8-9)21(16,17)18;7-5-2-1-4(8(9)10)3-6(5)14(11,12)13;6-4-1-2-7-3-5(4)11(8,9)10;6-4-2-1-3-7-5(4)11(8,9)10;5-3-1-6-2-7-4(3)11(8,9)10/h2-3,8H,4-7,13H2,1H3,(H,14,15)(H2,16,17,18);1-3H,7H2,(H2,11,12,13);1-3H,(H2,6,7)(H2,8,9,10);1-3H,6H2,(H2,8,9,10);1-2H,5H2,(H2,8,9,10). The molecule has 5 aromatic rings. The van der Waals surface area contributed by atoms with Gasteiger partial charge in [0.2, 0.25) is 0 Å². The Hall–Kier alpha value is -5.64. The molecule has 0 atom stereocenters. The average molecular weight is 1060 g/mol. The molecule has 0 saturated heterocycles. The molecular weight excluding hydrogens is 1010 g/mol. The van der Waals surface area contributed by atoms with Crippen molar-refractivity contribution in [2.75, 3.05) is 62.1 Å². The number of rotatable bonds is 13. The van der Waals surface area contributed by atoms with E-state index >= 15 is 0 Å². The van der Waals surface area contributed by atoms with Gasteiger partial charge in [0.05, 0.1) is 58.6 Å². The SMILES string of the molecule is COCCOCCNC(=O)c1ccc(N)c(P(=O)(O)O)c1.Nc1ccc([N+](=O)[O-])cc1P(=O)(O)O.Nc1cccnc1P(=O)(O)O.Nc1ccncc1P(=O)(O)O.Nc1cncnc1P(=O)(O)O. The van der Waals surface area contributed by atoms with Gasteiger partial charge >= 0.3 is 38.0 Å². The highest BCUT2D eigenvalue weighted by molar-refractivity contribution is 7.61. The fourth-order valence-corrected chi connectivity index (χ4v) is 7.57. The predicted molar refractivity (Wildman–Crippen MR) is 246 cm³/mol. The van der Waals surface area contributed by atoms with E-state index in [0.29, 0.717) is 19.8 Å². The van der Waals surface area contributed by atoms with E-state index in [2.05, 4.69) is 25.3 Å². The molecule has 2 aromatic carbocycles. The maximum atomic E-state index is 11.8. The molecule has 21 N–H and O–H groups in total. The summed E-state index contributed by atoms with van der Waals surface area (Å²) in [7, 11) is -20.4. The highest BCUT2D eigenvalue weighted by Crippen LogP contribution is 2.38. The number of carbonyl (C=O) groups excluding carboxylic acids is 1. The monoisotopic (exact) mass is 1060 g/mol. The first-order chi connectivity index (χ1) is 31.2. The Morgan fingerprint density at radius 1 is 0.618 bits per heavy atom. The fraction of sp³-hybridized carbons (Fsp3) is 0.156. The minimum Gasteiger partial charge on any atom is -0.398 e. The number of nitrogens with two attached hydrogens (primary N) is 5. The molecule has 0 radical (unpaired) electrons. The van der Waals surface area contributed by atoms with Crippen molar-refractivity contribution in [3.8, 4) is 0 Å². The lowest BCUT2D eigenvalue weighted by atomic mass is 10.2. The summed E-state index contributed by atoms with van der Waals surface area (Å²) in [5, 5.41) is 11.8. The second-order valence-electron chi connectivity index (χ2n) is 12.5. The quantitative estimate of drug-likeness (QED) is 0.0187. The number of ether oxygens (including phenoxy) is 2. The van der Waals surface area contributed by atoms with Gasteiger partial charge in [-0.25, -0.2) is 15.0 Å². The first-order valence-corrected chi connectivity index (χ1v) is 25.8. The smallest absolute Gasteiger partial charge is 0.376 e. The Balaban J connectivity index is 0.000000437. The van der Waals surface area contributed by atoms with E-state index in [0.717, 1.165) is 43.0 Å². The number of nitro benzene ring substituents is 1. The second kappa shape index (κ2) is 26.8. The zero-order valence-corrected chi connectivity index (χ0v) is 39.3. The van der Waals surface area contributed by atoms with Gasteiger partial charge in [-0.05, 0) is 42.5 Å². The maximum Gasteiger partial charge on any atom is 0.376 e. The van der Waals surface area contributed by atoms with E-state index < -0.39 is 65.2 Å². The van der Waals surface area contributed by atoms with Crippen molar-refractivity contribution in [2.24, 2.45) is 0 Å². The summed E-state index contributed by atoms with van der Waals surface area (Å²) in [6.45, 7) is 1.49. The molecule has 3 heterocycles. The first-order valence-electron chi connectivity index (χ1n) is 17.8. The number of nitrogens with zero attached hydrogens (tertiary/aromatic N) is 5. The number of methoxy groups -OCH3 is 1. The lowest BCUT2D eigenvalue weighted by Gasteiger charge is -2.10. The molecule has 0 saturated carbocycles. The molecule has 0 bridgehead atoms. The molecule has 68 heavy (non-hydrogen) atoms. The molecule has 374 valence electrons. The van der Waals surface area contributed by atoms with Gasteiger partial charge in [-0.2, -0.15) is 0 Å². The van der Waals surface area contributed by atoms with Gasteiger partial charge in [0, 0.05) is 61.3 Å². The largest absolute Gasteiger partial charge is 0.398 e. The minimum atomic E-state index is -4.55. The summed E-state index contributed by atoms with van der Waals surface area (Å²) >= 11 is 0. The molecule has 0 aliphatic carbocycles. The van der Waals surface area contributed by atoms with Crippen LogP contribution in [-0.2, 0) is 32.3 Å². The van der Waals surface area contributed by atoms with E-state index in [-0.39, 0.29) is 56.6 Å². The summed E-state index contributed by atoms with van der Waals surface area (Å²) in [6.07, 6.45) is 5.89. The van der Waals surface area contributed by atoms with Crippen LogP contribution in [0.1, 0.15) is 10.4 Å². The van der Waals surface area contributed by atoms with Gasteiger partial charge < -0.3 is 92.4 Å². The number of hydrogen-bond acceptors (Lipinski definition) is 19. The van der Waals surface area contributed by atoms with Crippen molar-refractivity contribution in [3.63, 3.8) is 0 Å². The molecule has 31 nitrogen and oxygen atoms in total. The number of nitrogen functional groups attached to an aromatic ring is 5. The summed E-state index contributed by atoms with van der Waals surface area (Å²) in [5.74, 6) is -0.458. The van der Waals surface area contributed by atoms with Crippen LogP contribution in [0.4, 0.5) is 34.1 Å². The molecule has 5 rings (SSSR count). The highest BCUT2D eigenvalue weighted by atomic mass is 31.2. The van der Waals surface area contributed by atoms with E-state index in [1.807, 2.05) is 0 Å². The number of nitro groups is 1. The number of carbonyl (C=O) groups is 1. The second-order valence-corrected chi connectivity index (χ2v) is 20.2. The van der Waals surface area contributed by atoms with E-state index in [1.54, 1.807) is 7.11 Å². The third kappa shape index (κ3) is 21.5. The zero-order valence-electron chi connectivity index (χ0n) is 34.8. The number of aromatic nitrogens is 4. The van der Waals surface area contributed by atoms with Crippen LogP contribution in [0.25, 0.3) is 0 Å². The Kier molecular flexibility index (Phi) is 23.8. The van der Waals surface area contributed by atoms with Gasteiger partial charge in [-0.15, -0.1) is 0 Å². The van der Waals surface area contributed by atoms with Crippen molar-refractivity contribution < 1.29 is 91.0 Å². The topological polar surface area (TPSA) is 560 Å². The third-order valence-corrected chi connectivity index (χ3v) is 12.2. The Morgan fingerprint density at radius 3 is 1.59 bits per heavy atom. The van der Waals surface area contributed by atoms with Crippen LogP contribution in [0.5, 0.6) is 0 Å². The minimum absolute atomic E-state index is 0.0147. The molecule has 0 aliphatic rings.